The molecule has 0 saturated heterocycles. The van der Waals surface area contributed by atoms with Gasteiger partial charge < -0.3 is 5.11 Å². The third kappa shape index (κ3) is 2.53. The summed E-state index contributed by atoms with van der Waals surface area (Å²) in [6, 6.07) is 5.23. The zero-order valence-corrected chi connectivity index (χ0v) is 11.9. The summed E-state index contributed by atoms with van der Waals surface area (Å²) in [7, 11) is 0. The maximum atomic E-state index is 10.0. The lowest BCUT2D eigenvalue weighted by atomic mass is 10.00. The summed E-state index contributed by atoms with van der Waals surface area (Å²) in [5.74, 6) is 0. The maximum Gasteiger partial charge on any atom is 0.0873 e. The van der Waals surface area contributed by atoms with Crippen molar-refractivity contribution in [1.82, 2.24) is 9.78 Å². The van der Waals surface area contributed by atoms with Gasteiger partial charge in [-0.2, -0.15) is 5.10 Å². The monoisotopic (exact) mass is 284 g/mol. The molecule has 0 saturated carbocycles. The minimum atomic E-state index is -0.926. The van der Waals surface area contributed by atoms with Gasteiger partial charge in [0.15, 0.2) is 0 Å². The molecule has 1 aromatic carbocycles. The third-order valence-corrected chi connectivity index (χ3v) is 3.20. The van der Waals surface area contributed by atoms with E-state index in [-0.39, 0.29) is 0 Å². The van der Waals surface area contributed by atoms with Gasteiger partial charge >= 0.3 is 0 Å². The Labute approximate surface area is 116 Å². The van der Waals surface area contributed by atoms with Crippen LogP contribution < -0.4 is 0 Å². The molecule has 0 aliphatic heterocycles. The molecule has 0 bridgehead atoms. The molecule has 1 aromatic heterocycles. The lowest BCUT2D eigenvalue weighted by Gasteiger charge is -2.16. The number of nitrogens with zero attached hydrogens (tertiary/aromatic N) is 2. The minimum Gasteiger partial charge on any atom is -0.386 e. The van der Waals surface area contributed by atoms with Crippen LogP contribution in [-0.2, 0) is 5.60 Å². The molecule has 1 N–H and O–H groups in total. The molecule has 3 nitrogen and oxygen atoms in total. The topological polar surface area (TPSA) is 38.1 Å². The molecule has 2 aromatic rings. The maximum absolute atomic E-state index is 10.0. The fraction of sp³-hybridized carbons (Fsp3) is 0.308. The summed E-state index contributed by atoms with van der Waals surface area (Å²) < 4.78 is 1.71. The van der Waals surface area contributed by atoms with E-state index in [0.29, 0.717) is 10.0 Å². The van der Waals surface area contributed by atoms with Crippen molar-refractivity contribution < 1.29 is 5.11 Å². The molecule has 0 fully saturated rings. The molecule has 0 radical (unpaired) electrons. The first-order valence-electron chi connectivity index (χ1n) is 5.53. The van der Waals surface area contributed by atoms with Crippen LogP contribution in [0.15, 0.2) is 24.4 Å². The molecular formula is C13H14Cl2N2O. The van der Waals surface area contributed by atoms with Gasteiger partial charge in [0.1, 0.15) is 0 Å². The Morgan fingerprint density at radius 3 is 2.17 bits per heavy atom. The van der Waals surface area contributed by atoms with E-state index < -0.39 is 5.60 Å². The Hall–Kier alpha value is -1.03. The molecule has 0 aliphatic rings. The van der Waals surface area contributed by atoms with Crippen LogP contribution >= 0.6 is 23.2 Å². The summed E-state index contributed by atoms with van der Waals surface area (Å²) in [6.45, 7) is 5.35. The van der Waals surface area contributed by atoms with E-state index in [9.17, 15) is 5.11 Å². The van der Waals surface area contributed by atoms with E-state index in [1.54, 1.807) is 42.9 Å². The number of hydrogen-bond acceptors (Lipinski definition) is 2. The van der Waals surface area contributed by atoms with Crippen molar-refractivity contribution in [2.45, 2.75) is 26.4 Å². The molecule has 0 amide bonds. The van der Waals surface area contributed by atoms with Gasteiger partial charge in [-0.3, -0.25) is 0 Å². The van der Waals surface area contributed by atoms with Gasteiger partial charge in [-0.05, 0) is 39.0 Å². The van der Waals surface area contributed by atoms with Crippen LogP contribution in [0, 0.1) is 6.92 Å². The molecule has 96 valence electrons. The standard InChI is InChI=1S/C13H14Cl2N2O/c1-8-12(13(2,3)18)7-16-17(8)11-5-9(14)4-10(15)6-11/h4-7,18H,1-3H3. The van der Waals surface area contributed by atoms with Crippen LogP contribution in [0.3, 0.4) is 0 Å². The Morgan fingerprint density at radius 1 is 1.17 bits per heavy atom. The molecule has 0 spiro atoms. The first-order chi connectivity index (χ1) is 8.29. The SMILES string of the molecule is Cc1c(C(C)(C)O)cnn1-c1cc(Cl)cc(Cl)c1. The molecular weight excluding hydrogens is 271 g/mol. The predicted octanol–water partition coefficient (Wildman–Crippen LogP) is 3.71. The van der Waals surface area contributed by atoms with Crippen molar-refractivity contribution in [3.05, 3.63) is 45.7 Å². The normalized spacial score (nSPS) is 11.9. The van der Waals surface area contributed by atoms with E-state index in [2.05, 4.69) is 5.10 Å². The van der Waals surface area contributed by atoms with Crippen molar-refractivity contribution >= 4 is 23.2 Å². The summed E-state index contributed by atoms with van der Waals surface area (Å²) in [5.41, 5.74) is 1.49. The Bertz CT molecular complexity index is 565. The Kier molecular flexibility index (Phi) is 3.41. The van der Waals surface area contributed by atoms with Gasteiger partial charge in [-0.15, -0.1) is 0 Å². The molecule has 0 unspecified atom stereocenters. The Morgan fingerprint density at radius 2 is 1.72 bits per heavy atom. The van der Waals surface area contributed by atoms with Crippen molar-refractivity contribution in [1.29, 1.82) is 0 Å². The van der Waals surface area contributed by atoms with Gasteiger partial charge in [0.25, 0.3) is 0 Å². The third-order valence-electron chi connectivity index (χ3n) is 2.76. The number of aliphatic hydroxyl groups is 1. The van der Waals surface area contributed by atoms with E-state index in [1.807, 2.05) is 6.92 Å². The lowest BCUT2D eigenvalue weighted by Crippen LogP contribution is -2.16. The van der Waals surface area contributed by atoms with Gasteiger partial charge in [-0.25, -0.2) is 4.68 Å². The highest BCUT2D eigenvalue weighted by atomic mass is 35.5. The van der Waals surface area contributed by atoms with Gasteiger partial charge in [0.2, 0.25) is 0 Å². The molecule has 18 heavy (non-hydrogen) atoms. The van der Waals surface area contributed by atoms with Gasteiger partial charge in [-0.1, -0.05) is 23.2 Å². The van der Waals surface area contributed by atoms with Crippen LogP contribution in [0.5, 0.6) is 0 Å². The van der Waals surface area contributed by atoms with Gasteiger partial charge in [0.05, 0.1) is 17.5 Å². The quantitative estimate of drug-likeness (QED) is 0.913. The number of rotatable bonds is 2. The molecule has 0 aliphatic carbocycles. The summed E-state index contributed by atoms with van der Waals surface area (Å²) in [4.78, 5) is 0. The van der Waals surface area contributed by atoms with Gasteiger partial charge in [0, 0.05) is 21.3 Å². The van der Waals surface area contributed by atoms with E-state index in [4.69, 9.17) is 23.2 Å². The van der Waals surface area contributed by atoms with Crippen LogP contribution in [0.4, 0.5) is 0 Å². The first kappa shape index (κ1) is 13.4. The number of halogens is 2. The summed E-state index contributed by atoms with van der Waals surface area (Å²) in [6.07, 6.45) is 1.66. The second kappa shape index (κ2) is 4.57. The molecule has 1 heterocycles. The molecule has 5 heteroatoms. The highest BCUT2D eigenvalue weighted by molar-refractivity contribution is 6.34. The van der Waals surface area contributed by atoms with Crippen molar-refractivity contribution in [3.63, 3.8) is 0 Å². The zero-order valence-electron chi connectivity index (χ0n) is 10.4. The van der Waals surface area contributed by atoms with Crippen LogP contribution in [0.1, 0.15) is 25.1 Å². The lowest BCUT2D eigenvalue weighted by molar-refractivity contribution is 0.0779. The summed E-state index contributed by atoms with van der Waals surface area (Å²) >= 11 is 11.9. The fourth-order valence-corrected chi connectivity index (χ4v) is 2.45. The largest absolute Gasteiger partial charge is 0.386 e. The van der Waals surface area contributed by atoms with Crippen molar-refractivity contribution in [2.24, 2.45) is 0 Å². The van der Waals surface area contributed by atoms with E-state index in [0.717, 1.165) is 16.9 Å². The average molecular weight is 285 g/mol. The van der Waals surface area contributed by atoms with Crippen molar-refractivity contribution in [2.75, 3.05) is 0 Å². The molecule has 0 atom stereocenters. The number of aromatic nitrogens is 2. The smallest absolute Gasteiger partial charge is 0.0873 e. The highest BCUT2D eigenvalue weighted by Crippen LogP contribution is 2.27. The van der Waals surface area contributed by atoms with Crippen LogP contribution in [0.25, 0.3) is 5.69 Å². The average Bonchev–Trinajstić information content (AvgIpc) is 2.57. The highest BCUT2D eigenvalue weighted by Gasteiger charge is 2.22. The number of benzene rings is 1. The second-order valence-electron chi connectivity index (χ2n) is 4.74. The van der Waals surface area contributed by atoms with E-state index >= 15 is 0 Å². The van der Waals surface area contributed by atoms with E-state index in [1.165, 1.54) is 0 Å². The van der Waals surface area contributed by atoms with Crippen molar-refractivity contribution in [3.8, 4) is 5.69 Å². The van der Waals surface area contributed by atoms with Crippen LogP contribution in [0.2, 0.25) is 10.0 Å². The Balaban J connectivity index is 2.56. The zero-order chi connectivity index (χ0) is 13.5. The predicted molar refractivity (Wildman–Crippen MR) is 73.6 cm³/mol. The molecule has 2 rings (SSSR count). The minimum absolute atomic E-state index is 0.553. The first-order valence-corrected chi connectivity index (χ1v) is 6.28. The second-order valence-corrected chi connectivity index (χ2v) is 5.61. The van der Waals surface area contributed by atoms with Crippen LogP contribution in [-0.4, -0.2) is 14.9 Å². The number of hydrogen-bond donors (Lipinski definition) is 1. The fourth-order valence-electron chi connectivity index (χ4n) is 1.93. The summed E-state index contributed by atoms with van der Waals surface area (Å²) in [5, 5.41) is 15.4.